The highest BCUT2D eigenvalue weighted by Gasteiger charge is 2.13. The van der Waals surface area contributed by atoms with Gasteiger partial charge in [0.15, 0.2) is 0 Å². The van der Waals surface area contributed by atoms with Crippen LogP contribution in [-0.2, 0) is 6.42 Å². The molecule has 0 bridgehead atoms. The molecule has 0 aliphatic rings. The van der Waals surface area contributed by atoms with Crippen LogP contribution in [0, 0.1) is 3.57 Å². The summed E-state index contributed by atoms with van der Waals surface area (Å²) in [5, 5.41) is 3.59. The zero-order valence-corrected chi connectivity index (χ0v) is 14.6. The molecule has 0 fully saturated rings. The molecule has 0 heterocycles. The van der Waals surface area contributed by atoms with Crippen molar-refractivity contribution in [2.75, 3.05) is 6.54 Å². The third kappa shape index (κ3) is 4.29. The maximum absolute atomic E-state index is 3.59. The zero-order chi connectivity index (χ0) is 13.7. The van der Waals surface area contributed by atoms with E-state index in [9.17, 15) is 0 Å². The van der Waals surface area contributed by atoms with Gasteiger partial charge in [-0.1, -0.05) is 53.2 Å². The van der Waals surface area contributed by atoms with Crippen molar-refractivity contribution in [2.45, 2.75) is 19.4 Å². The van der Waals surface area contributed by atoms with Gasteiger partial charge >= 0.3 is 0 Å². The summed E-state index contributed by atoms with van der Waals surface area (Å²) in [5.74, 6) is 0. The minimum absolute atomic E-state index is 0.374. The summed E-state index contributed by atoms with van der Waals surface area (Å²) >= 11 is 5.90. The standard InChI is InChI=1S/C16H17BrIN/c1-2-19-16(14-5-3-4-6-15(14)18)11-12-7-9-13(17)10-8-12/h3-10,16,19H,2,11H2,1H3. The van der Waals surface area contributed by atoms with Crippen molar-refractivity contribution in [3.63, 3.8) is 0 Å². The normalized spacial score (nSPS) is 12.4. The lowest BCUT2D eigenvalue weighted by atomic mass is 9.99. The molecule has 0 aliphatic heterocycles. The van der Waals surface area contributed by atoms with Crippen LogP contribution in [0.3, 0.4) is 0 Å². The van der Waals surface area contributed by atoms with Crippen molar-refractivity contribution in [1.82, 2.24) is 5.32 Å². The fraction of sp³-hybridized carbons (Fsp3) is 0.250. The van der Waals surface area contributed by atoms with E-state index in [0.29, 0.717) is 6.04 Å². The zero-order valence-electron chi connectivity index (χ0n) is 10.9. The number of likely N-dealkylation sites (N-methyl/N-ethyl adjacent to an activating group) is 1. The van der Waals surface area contributed by atoms with Crippen LogP contribution in [0.2, 0.25) is 0 Å². The number of hydrogen-bond acceptors (Lipinski definition) is 1. The largest absolute Gasteiger partial charge is 0.310 e. The van der Waals surface area contributed by atoms with Crippen LogP contribution >= 0.6 is 38.5 Å². The summed E-state index contributed by atoms with van der Waals surface area (Å²) in [7, 11) is 0. The Hall–Kier alpha value is -0.390. The molecule has 1 N–H and O–H groups in total. The molecule has 0 saturated heterocycles. The van der Waals surface area contributed by atoms with Crippen LogP contribution in [-0.4, -0.2) is 6.54 Å². The van der Waals surface area contributed by atoms with Gasteiger partial charge in [-0.25, -0.2) is 0 Å². The molecule has 19 heavy (non-hydrogen) atoms. The fourth-order valence-corrected chi connectivity index (χ4v) is 3.18. The van der Waals surface area contributed by atoms with Crippen LogP contribution in [0.4, 0.5) is 0 Å². The molecular formula is C16H17BrIN. The predicted octanol–water partition coefficient (Wildman–Crippen LogP) is 4.95. The van der Waals surface area contributed by atoms with E-state index >= 15 is 0 Å². The quantitative estimate of drug-likeness (QED) is 0.663. The molecule has 0 amide bonds. The minimum Gasteiger partial charge on any atom is -0.310 e. The Morgan fingerprint density at radius 3 is 2.42 bits per heavy atom. The van der Waals surface area contributed by atoms with Crippen LogP contribution in [0.1, 0.15) is 24.1 Å². The van der Waals surface area contributed by atoms with Crippen molar-refractivity contribution in [1.29, 1.82) is 0 Å². The van der Waals surface area contributed by atoms with Crippen LogP contribution < -0.4 is 5.32 Å². The van der Waals surface area contributed by atoms with E-state index in [-0.39, 0.29) is 0 Å². The van der Waals surface area contributed by atoms with Gasteiger partial charge in [0.1, 0.15) is 0 Å². The number of rotatable bonds is 5. The van der Waals surface area contributed by atoms with E-state index in [1.54, 1.807) is 0 Å². The van der Waals surface area contributed by atoms with Gasteiger partial charge in [0, 0.05) is 14.1 Å². The molecule has 0 spiro atoms. The smallest absolute Gasteiger partial charge is 0.0371 e. The van der Waals surface area contributed by atoms with Gasteiger partial charge in [-0.3, -0.25) is 0 Å². The predicted molar refractivity (Wildman–Crippen MR) is 93.4 cm³/mol. The SMILES string of the molecule is CCNC(Cc1ccc(Br)cc1)c1ccccc1I. The Morgan fingerprint density at radius 2 is 1.79 bits per heavy atom. The molecule has 2 aromatic carbocycles. The van der Waals surface area contributed by atoms with Gasteiger partial charge in [-0.15, -0.1) is 0 Å². The molecule has 0 saturated carbocycles. The Kier molecular flexibility index (Phi) is 5.85. The van der Waals surface area contributed by atoms with Crippen molar-refractivity contribution in [3.8, 4) is 0 Å². The number of nitrogens with one attached hydrogen (secondary N) is 1. The third-order valence-electron chi connectivity index (χ3n) is 3.08. The van der Waals surface area contributed by atoms with E-state index < -0.39 is 0 Å². The molecule has 100 valence electrons. The first-order valence-corrected chi connectivity index (χ1v) is 8.30. The van der Waals surface area contributed by atoms with Crippen molar-refractivity contribution < 1.29 is 0 Å². The van der Waals surface area contributed by atoms with Crippen molar-refractivity contribution >= 4 is 38.5 Å². The molecule has 1 nitrogen and oxygen atoms in total. The molecule has 0 aromatic heterocycles. The lowest BCUT2D eigenvalue weighted by Gasteiger charge is -2.20. The maximum atomic E-state index is 3.59. The molecule has 3 heteroatoms. The van der Waals surface area contributed by atoms with E-state index in [0.717, 1.165) is 17.4 Å². The van der Waals surface area contributed by atoms with E-state index in [1.807, 2.05) is 0 Å². The first-order chi connectivity index (χ1) is 9.20. The Balaban J connectivity index is 2.21. The van der Waals surface area contributed by atoms with E-state index in [4.69, 9.17) is 0 Å². The fourth-order valence-electron chi connectivity index (χ4n) is 2.15. The summed E-state index contributed by atoms with van der Waals surface area (Å²) in [4.78, 5) is 0. The summed E-state index contributed by atoms with van der Waals surface area (Å²) < 4.78 is 2.45. The second-order valence-electron chi connectivity index (χ2n) is 4.46. The minimum atomic E-state index is 0.374. The highest BCUT2D eigenvalue weighted by atomic mass is 127. The lowest BCUT2D eigenvalue weighted by molar-refractivity contribution is 0.547. The molecule has 0 radical (unpaired) electrons. The second kappa shape index (κ2) is 7.41. The lowest BCUT2D eigenvalue weighted by Crippen LogP contribution is -2.23. The van der Waals surface area contributed by atoms with Gasteiger partial charge in [0.2, 0.25) is 0 Å². The average Bonchev–Trinajstić information content (AvgIpc) is 2.41. The first-order valence-electron chi connectivity index (χ1n) is 6.43. The monoisotopic (exact) mass is 429 g/mol. The van der Waals surface area contributed by atoms with Crippen LogP contribution in [0.15, 0.2) is 53.0 Å². The van der Waals surface area contributed by atoms with Crippen molar-refractivity contribution in [3.05, 3.63) is 67.7 Å². The molecular weight excluding hydrogens is 413 g/mol. The number of hydrogen-bond donors (Lipinski definition) is 1. The van der Waals surface area contributed by atoms with Crippen molar-refractivity contribution in [2.24, 2.45) is 0 Å². The average molecular weight is 430 g/mol. The Labute approximate surface area is 137 Å². The molecule has 0 aliphatic carbocycles. The van der Waals surface area contributed by atoms with Gasteiger partial charge in [0.25, 0.3) is 0 Å². The number of benzene rings is 2. The topological polar surface area (TPSA) is 12.0 Å². The third-order valence-corrected chi connectivity index (χ3v) is 4.60. The molecule has 2 aromatic rings. The van der Waals surface area contributed by atoms with E-state index in [2.05, 4.69) is 99.3 Å². The van der Waals surface area contributed by atoms with Gasteiger partial charge < -0.3 is 5.32 Å². The molecule has 1 unspecified atom stereocenters. The second-order valence-corrected chi connectivity index (χ2v) is 6.54. The van der Waals surface area contributed by atoms with Gasteiger partial charge in [-0.05, 0) is 64.9 Å². The summed E-state index contributed by atoms with van der Waals surface area (Å²) in [6.07, 6.45) is 1.02. The van der Waals surface area contributed by atoms with Crippen LogP contribution in [0.5, 0.6) is 0 Å². The summed E-state index contributed by atoms with van der Waals surface area (Å²) in [6.45, 7) is 3.14. The van der Waals surface area contributed by atoms with Gasteiger partial charge in [0.05, 0.1) is 0 Å². The maximum Gasteiger partial charge on any atom is 0.0371 e. The summed E-state index contributed by atoms with van der Waals surface area (Å²) in [6, 6.07) is 17.5. The molecule has 2 rings (SSSR count). The van der Waals surface area contributed by atoms with Gasteiger partial charge in [-0.2, -0.15) is 0 Å². The first kappa shape index (κ1) is 15.0. The van der Waals surface area contributed by atoms with Crippen LogP contribution in [0.25, 0.3) is 0 Å². The highest BCUT2D eigenvalue weighted by Crippen LogP contribution is 2.24. The Morgan fingerprint density at radius 1 is 1.11 bits per heavy atom. The molecule has 1 atom stereocenters. The number of halogens is 2. The Bertz CT molecular complexity index is 525. The summed E-state index contributed by atoms with van der Waals surface area (Å²) in [5.41, 5.74) is 2.74. The highest BCUT2D eigenvalue weighted by molar-refractivity contribution is 14.1. The van der Waals surface area contributed by atoms with E-state index in [1.165, 1.54) is 14.7 Å².